The summed E-state index contributed by atoms with van der Waals surface area (Å²) in [5.41, 5.74) is 0.365. The minimum absolute atomic E-state index is 0.0590. The van der Waals surface area contributed by atoms with Gasteiger partial charge in [-0.1, -0.05) is 6.92 Å². The average molecular weight is 266 g/mol. The van der Waals surface area contributed by atoms with Crippen molar-refractivity contribution in [3.05, 3.63) is 17.7 Å². The number of methoxy groups -OCH3 is 2. The van der Waals surface area contributed by atoms with E-state index in [0.29, 0.717) is 29.2 Å². The van der Waals surface area contributed by atoms with Crippen LogP contribution in [0.3, 0.4) is 0 Å². The smallest absolute Gasteiger partial charge is 0.215 e. The molecule has 0 amide bonds. The van der Waals surface area contributed by atoms with Gasteiger partial charge in [0, 0.05) is 18.6 Å². The van der Waals surface area contributed by atoms with Crippen LogP contribution in [0.1, 0.15) is 36.5 Å². The highest BCUT2D eigenvalue weighted by Gasteiger charge is 2.40. The lowest BCUT2D eigenvalue weighted by atomic mass is 9.94. The molecule has 1 heterocycles. The molecule has 1 atom stereocenters. The third-order valence-electron chi connectivity index (χ3n) is 3.15. The van der Waals surface area contributed by atoms with Gasteiger partial charge in [0.2, 0.25) is 5.79 Å². The lowest BCUT2D eigenvalue weighted by molar-refractivity contribution is -0.144. The summed E-state index contributed by atoms with van der Waals surface area (Å²) >= 11 is 0. The Labute approximate surface area is 112 Å². The van der Waals surface area contributed by atoms with E-state index in [4.69, 9.17) is 14.2 Å². The quantitative estimate of drug-likeness (QED) is 0.904. The molecule has 19 heavy (non-hydrogen) atoms. The van der Waals surface area contributed by atoms with Gasteiger partial charge in [-0.15, -0.1) is 0 Å². The van der Waals surface area contributed by atoms with Crippen LogP contribution in [0.25, 0.3) is 0 Å². The minimum atomic E-state index is -1.43. The lowest BCUT2D eigenvalue weighted by Crippen LogP contribution is -2.41. The molecule has 104 valence electrons. The monoisotopic (exact) mass is 266 g/mol. The molecule has 0 spiro atoms. The van der Waals surface area contributed by atoms with E-state index in [9.17, 15) is 9.90 Å². The summed E-state index contributed by atoms with van der Waals surface area (Å²) in [6.45, 7) is 1.92. The first-order valence-corrected chi connectivity index (χ1v) is 6.23. The number of carbonyl (C=O) groups excluding carboxylic acids is 1. The number of benzene rings is 1. The molecule has 5 heteroatoms. The molecule has 0 saturated heterocycles. The summed E-state index contributed by atoms with van der Waals surface area (Å²) in [6.07, 6.45) is 1.06. The number of hydrogen-bond acceptors (Lipinski definition) is 5. The van der Waals surface area contributed by atoms with Crippen molar-refractivity contribution in [3.8, 4) is 17.2 Å². The highest BCUT2D eigenvalue weighted by atomic mass is 16.6. The second-order valence-corrected chi connectivity index (χ2v) is 4.60. The highest BCUT2D eigenvalue weighted by Crippen LogP contribution is 2.41. The molecule has 1 unspecified atom stereocenters. The summed E-state index contributed by atoms with van der Waals surface area (Å²) < 4.78 is 15.9. The molecule has 0 bridgehead atoms. The van der Waals surface area contributed by atoms with Crippen molar-refractivity contribution in [2.75, 3.05) is 14.2 Å². The van der Waals surface area contributed by atoms with E-state index in [1.807, 2.05) is 6.92 Å². The van der Waals surface area contributed by atoms with Crippen LogP contribution in [0.15, 0.2) is 12.1 Å². The van der Waals surface area contributed by atoms with Crippen molar-refractivity contribution < 1.29 is 24.1 Å². The fourth-order valence-electron chi connectivity index (χ4n) is 2.31. The SMILES string of the molecule is CCCC1(O)CC(=O)c2c(OC)cc(OC)cc2O1. The number of hydrogen-bond donors (Lipinski definition) is 1. The fourth-order valence-corrected chi connectivity index (χ4v) is 2.31. The van der Waals surface area contributed by atoms with E-state index in [1.165, 1.54) is 14.2 Å². The highest BCUT2D eigenvalue weighted by molar-refractivity contribution is 6.03. The van der Waals surface area contributed by atoms with E-state index < -0.39 is 5.79 Å². The number of rotatable bonds is 4. The van der Waals surface area contributed by atoms with Gasteiger partial charge in [-0.2, -0.15) is 0 Å². The standard InChI is InChI=1S/C14H18O5/c1-4-5-14(16)8-10(15)13-11(18-3)6-9(17-2)7-12(13)19-14/h6-7,16H,4-5,8H2,1-3H3. The largest absolute Gasteiger partial charge is 0.496 e. The molecular weight excluding hydrogens is 248 g/mol. The number of ketones is 1. The maximum absolute atomic E-state index is 12.2. The lowest BCUT2D eigenvalue weighted by Gasteiger charge is -2.33. The van der Waals surface area contributed by atoms with Gasteiger partial charge in [0.25, 0.3) is 0 Å². The number of fused-ring (bicyclic) bond motifs is 1. The van der Waals surface area contributed by atoms with Crippen LogP contribution in [0.4, 0.5) is 0 Å². The summed E-state index contributed by atoms with van der Waals surface area (Å²) in [5.74, 6) is -0.391. The summed E-state index contributed by atoms with van der Waals surface area (Å²) in [5, 5.41) is 10.3. The van der Waals surface area contributed by atoms with Crippen LogP contribution in [-0.4, -0.2) is 30.9 Å². The van der Waals surface area contributed by atoms with Crippen LogP contribution >= 0.6 is 0 Å². The number of ether oxygens (including phenoxy) is 3. The summed E-state index contributed by atoms with van der Waals surface area (Å²) in [6, 6.07) is 3.22. The molecule has 0 saturated carbocycles. The van der Waals surface area contributed by atoms with Crippen molar-refractivity contribution in [2.45, 2.75) is 32.0 Å². The molecule has 1 aliphatic heterocycles. The Bertz CT molecular complexity index is 497. The fraction of sp³-hybridized carbons (Fsp3) is 0.500. The van der Waals surface area contributed by atoms with Gasteiger partial charge in [-0.3, -0.25) is 4.79 Å². The van der Waals surface area contributed by atoms with Crippen molar-refractivity contribution in [3.63, 3.8) is 0 Å². The van der Waals surface area contributed by atoms with Gasteiger partial charge in [0.1, 0.15) is 22.8 Å². The van der Waals surface area contributed by atoms with E-state index >= 15 is 0 Å². The number of aliphatic hydroxyl groups is 1. The Balaban J connectivity index is 2.49. The second kappa shape index (κ2) is 5.09. The van der Waals surface area contributed by atoms with E-state index in [2.05, 4.69) is 0 Å². The second-order valence-electron chi connectivity index (χ2n) is 4.60. The minimum Gasteiger partial charge on any atom is -0.496 e. The van der Waals surface area contributed by atoms with Crippen LogP contribution in [-0.2, 0) is 0 Å². The predicted molar refractivity (Wildman–Crippen MR) is 69.0 cm³/mol. The first-order chi connectivity index (χ1) is 9.03. The molecule has 1 aromatic rings. The zero-order valence-corrected chi connectivity index (χ0v) is 11.4. The third-order valence-corrected chi connectivity index (χ3v) is 3.15. The first-order valence-electron chi connectivity index (χ1n) is 6.23. The normalized spacial score (nSPS) is 21.6. The molecule has 1 aromatic carbocycles. The average Bonchev–Trinajstić information content (AvgIpc) is 2.36. The Hall–Kier alpha value is -1.75. The maximum Gasteiger partial charge on any atom is 0.215 e. The molecule has 2 rings (SSSR count). The predicted octanol–water partition coefficient (Wildman–Crippen LogP) is 2.16. The molecule has 1 aliphatic rings. The molecule has 0 radical (unpaired) electrons. The zero-order chi connectivity index (χ0) is 14.0. The molecular formula is C14H18O5. The number of carbonyl (C=O) groups is 1. The molecule has 0 aromatic heterocycles. The van der Waals surface area contributed by atoms with Crippen molar-refractivity contribution >= 4 is 5.78 Å². The van der Waals surface area contributed by atoms with Gasteiger partial charge in [0.05, 0.1) is 20.6 Å². The van der Waals surface area contributed by atoms with Crippen LogP contribution < -0.4 is 14.2 Å². The number of Topliss-reactive ketones (excluding diaryl/α,β-unsaturated/α-hetero) is 1. The maximum atomic E-state index is 12.2. The topological polar surface area (TPSA) is 65.0 Å². The molecule has 0 fully saturated rings. The van der Waals surface area contributed by atoms with Gasteiger partial charge in [-0.25, -0.2) is 0 Å². The zero-order valence-electron chi connectivity index (χ0n) is 11.4. The van der Waals surface area contributed by atoms with Crippen LogP contribution in [0.2, 0.25) is 0 Å². The third kappa shape index (κ3) is 2.51. The van der Waals surface area contributed by atoms with Gasteiger partial charge in [-0.05, 0) is 6.42 Å². The van der Waals surface area contributed by atoms with E-state index in [0.717, 1.165) is 6.42 Å². The Morgan fingerprint density at radius 3 is 2.68 bits per heavy atom. The van der Waals surface area contributed by atoms with Gasteiger partial charge < -0.3 is 19.3 Å². The summed E-state index contributed by atoms with van der Waals surface area (Å²) in [7, 11) is 3.00. The summed E-state index contributed by atoms with van der Waals surface area (Å²) in [4.78, 5) is 12.2. The van der Waals surface area contributed by atoms with Crippen LogP contribution in [0.5, 0.6) is 17.2 Å². The van der Waals surface area contributed by atoms with Crippen LogP contribution in [0, 0.1) is 0 Å². The Morgan fingerprint density at radius 2 is 2.11 bits per heavy atom. The molecule has 5 nitrogen and oxygen atoms in total. The van der Waals surface area contributed by atoms with E-state index in [-0.39, 0.29) is 12.2 Å². The van der Waals surface area contributed by atoms with Crippen molar-refractivity contribution in [1.29, 1.82) is 0 Å². The first kappa shape index (κ1) is 13.7. The molecule has 0 aliphatic carbocycles. The Morgan fingerprint density at radius 1 is 1.37 bits per heavy atom. The van der Waals surface area contributed by atoms with Gasteiger partial charge >= 0.3 is 0 Å². The van der Waals surface area contributed by atoms with E-state index in [1.54, 1.807) is 12.1 Å². The van der Waals surface area contributed by atoms with Crippen molar-refractivity contribution in [2.24, 2.45) is 0 Å². The Kier molecular flexibility index (Phi) is 3.66. The van der Waals surface area contributed by atoms with Crippen molar-refractivity contribution in [1.82, 2.24) is 0 Å². The van der Waals surface area contributed by atoms with Gasteiger partial charge in [0.15, 0.2) is 5.78 Å². The molecule has 1 N–H and O–H groups in total.